The Labute approximate surface area is 151 Å². The van der Waals surface area contributed by atoms with Crippen LogP contribution in [0.5, 0.6) is 0 Å². The Morgan fingerprint density at radius 3 is 2.46 bits per heavy atom. The first-order valence-corrected chi connectivity index (χ1v) is 8.56. The first-order valence-electron chi connectivity index (χ1n) is 8.56. The molecule has 0 aromatic heterocycles. The molecule has 0 unspecified atom stereocenters. The maximum atomic E-state index is 12.4. The first kappa shape index (κ1) is 18.3. The average molecular weight is 362 g/mol. The summed E-state index contributed by atoms with van der Waals surface area (Å²) >= 11 is 0. The number of hydrogen-bond donors (Lipinski definition) is 1. The van der Waals surface area contributed by atoms with Crippen LogP contribution >= 0.6 is 0 Å². The van der Waals surface area contributed by atoms with Crippen molar-refractivity contribution in [2.45, 2.75) is 25.0 Å². The third-order valence-electron chi connectivity index (χ3n) is 4.61. The number of amides is 2. The van der Waals surface area contributed by atoms with Crippen molar-refractivity contribution in [2.24, 2.45) is 0 Å². The number of para-hydroxylation sites is 1. The fourth-order valence-corrected chi connectivity index (χ4v) is 3.21. The summed E-state index contributed by atoms with van der Waals surface area (Å²) in [4.78, 5) is 38.0. The lowest BCUT2D eigenvalue weighted by molar-refractivity contribution is -0.187. The number of methoxy groups -OCH3 is 1. The number of benzene rings is 1. The molecule has 140 valence electrons. The number of hydrogen-bond acceptors (Lipinski definition) is 6. The molecular weight excluding hydrogens is 340 g/mol. The molecule has 2 saturated heterocycles. The van der Waals surface area contributed by atoms with Gasteiger partial charge in [-0.15, -0.1) is 0 Å². The van der Waals surface area contributed by atoms with Crippen molar-refractivity contribution in [3.05, 3.63) is 29.8 Å². The van der Waals surface area contributed by atoms with Gasteiger partial charge >= 0.3 is 5.97 Å². The normalized spacial score (nSPS) is 18.6. The standard InChI is InChI=1S/C18H22N2O6/c1-24-17(23)13-4-2-3-5-14(13)19-15(21)12-16(22)20-8-6-18(7-9-20)25-10-11-26-18/h2-5H,6-12H2,1H3,(H,19,21). The number of nitrogens with one attached hydrogen (secondary N) is 1. The summed E-state index contributed by atoms with van der Waals surface area (Å²) in [6.45, 7) is 2.14. The van der Waals surface area contributed by atoms with Crippen LogP contribution < -0.4 is 5.32 Å². The van der Waals surface area contributed by atoms with Gasteiger partial charge in [-0.05, 0) is 12.1 Å². The second-order valence-electron chi connectivity index (χ2n) is 6.25. The van der Waals surface area contributed by atoms with Crippen LogP contribution in [0.15, 0.2) is 24.3 Å². The van der Waals surface area contributed by atoms with Crippen molar-refractivity contribution in [1.82, 2.24) is 4.90 Å². The van der Waals surface area contributed by atoms with Gasteiger partial charge in [0, 0.05) is 25.9 Å². The number of anilines is 1. The van der Waals surface area contributed by atoms with Crippen molar-refractivity contribution in [3.8, 4) is 0 Å². The molecule has 2 aliphatic heterocycles. The zero-order valence-corrected chi connectivity index (χ0v) is 14.7. The van der Waals surface area contributed by atoms with E-state index in [0.717, 1.165) is 0 Å². The number of piperidine rings is 1. The average Bonchev–Trinajstić information content (AvgIpc) is 3.10. The highest BCUT2D eigenvalue weighted by Crippen LogP contribution is 2.31. The van der Waals surface area contributed by atoms with Crippen molar-refractivity contribution in [3.63, 3.8) is 0 Å². The highest BCUT2D eigenvalue weighted by Gasteiger charge is 2.40. The van der Waals surface area contributed by atoms with Gasteiger partial charge in [0.15, 0.2) is 5.79 Å². The van der Waals surface area contributed by atoms with Crippen molar-refractivity contribution >= 4 is 23.5 Å². The smallest absolute Gasteiger partial charge is 0.339 e. The second kappa shape index (κ2) is 7.84. The number of esters is 1. The molecule has 0 atom stereocenters. The molecule has 3 rings (SSSR count). The van der Waals surface area contributed by atoms with Gasteiger partial charge in [-0.25, -0.2) is 4.79 Å². The highest BCUT2D eigenvalue weighted by atomic mass is 16.7. The van der Waals surface area contributed by atoms with Gasteiger partial charge in [0.1, 0.15) is 6.42 Å². The van der Waals surface area contributed by atoms with E-state index in [1.807, 2.05) is 0 Å². The molecular formula is C18H22N2O6. The molecule has 1 aromatic rings. The van der Waals surface area contributed by atoms with Crippen LogP contribution in [-0.2, 0) is 23.8 Å². The maximum Gasteiger partial charge on any atom is 0.339 e. The SMILES string of the molecule is COC(=O)c1ccccc1NC(=O)CC(=O)N1CCC2(CC1)OCCO2. The topological polar surface area (TPSA) is 94.2 Å². The molecule has 0 bridgehead atoms. The number of likely N-dealkylation sites (tertiary alicyclic amines) is 1. The Bertz CT molecular complexity index is 689. The number of carbonyl (C=O) groups is 3. The lowest BCUT2D eigenvalue weighted by atomic mass is 10.0. The van der Waals surface area contributed by atoms with E-state index in [1.54, 1.807) is 29.2 Å². The molecule has 1 aromatic carbocycles. The van der Waals surface area contributed by atoms with Gasteiger partial charge in [-0.1, -0.05) is 12.1 Å². The van der Waals surface area contributed by atoms with E-state index in [2.05, 4.69) is 5.32 Å². The molecule has 2 amide bonds. The van der Waals surface area contributed by atoms with E-state index in [1.165, 1.54) is 7.11 Å². The van der Waals surface area contributed by atoms with Crippen LogP contribution in [0.2, 0.25) is 0 Å². The van der Waals surface area contributed by atoms with E-state index in [0.29, 0.717) is 44.8 Å². The summed E-state index contributed by atoms with van der Waals surface area (Å²) in [7, 11) is 1.27. The van der Waals surface area contributed by atoms with Gasteiger partial charge < -0.3 is 24.4 Å². The van der Waals surface area contributed by atoms with Crippen LogP contribution in [0, 0.1) is 0 Å². The zero-order chi connectivity index (χ0) is 18.6. The van der Waals surface area contributed by atoms with Crippen LogP contribution in [-0.4, -0.2) is 61.9 Å². The van der Waals surface area contributed by atoms with Gasteiger partial charge in [0.2, 0.25) is 11.8 Å². The Hall–Kier alpha value is -2.45. The molecule has 0 saturated carbocycles. The van der Waals surface area contributed by atoms with Gasteiger partial charge in [-0.2, -0.15) is 0 Å². The van der Waals surface area contributed by atoms with Crippen LogP contribution in [0.3, 0.4) is 0 Å². The molecule has 8 nitrogen and oxygen atoms in total. The summed E-state index contributed by atoms with van der Waals surface area (Å²) in [6, 6.07) is 6.50. The van der Waals surface area contributed by atoms with Crippen LogP contribution in [0.4, 0.5) is 5.69 Å². The summed E-state index contributed by atoms with van der Waals surface area (Å²) < 4.78 is 16.0. The van der Waals surface area contributed by atoms with E-state index in [4.69, 9.17) is 14.2 Å². The zero-order valence-electron chi connectivity index (χ0n) is 14.7. The molecule has 0 aliphatic carbocycles. The number of carbonyl (C=O) groups excluding carboxylic acids is 3. The van der Waals surface area contributed by atoms with Gasteiger partial charge in [0.25, 0.3) is 0 Å². The fourth-order valence-electron chi connectivity index (χ4n) is 3.21. The Kier molecular flexibility index (Phi) is 5.53. The predicted molar refractivity (Wildman–Crippen MR) is 91.5 cm³/mol. The minimum absolute atomic E-state index is 0.242. The van der Waals surface area contributed by atoms with Gasteiger partial charge in [-0.3, -0.25) is 9.59 Å². The summed E-state index contributed by atoms with van der Waals surface area (Å²) in [5.41, 5.74) is 0.564. The molecule has 1 spiro atoms. The molecule has 2 heterocycles. The molecule has 2 fully saturated rings. The van der Waals surface area contributed by atoms with E-state index in [9.17, 15) is 14.4 Å². The summed E-state index contributed by atoms with van der Waals surface area (Å²) in [5, 5.41) is 2.61. The van der Waals surface area contributed by atoms with E-state index >= 15 is 0 Å². The molecule has 1 N–H and O–H groups in total. The Morgan fingerprint density at radius 2 is 1.81 bits per heavy atom. The number of ether oxygens (including phenoxy) is 3. The quantitative estimate of drug-likeness (QED) is 0.638. The maximum absolute atomic E-state index is 12.4. The molecule has 0 radical (unpaired) electrons. The Morgan fingerprint density at radius 1 is 1.15 bits per heavy atom. The Balaban J connectivity index is 1.54. The highest BCUT2D eigenvalue weighted by molar-refractivity contribution is 6.06. The minimum Gasteiger partial charge on any atom is -0.465 e. The monoisotopic (exact) mass is 362 g/mol. The third kappa shape index (κ3) is 4.03. The second-order valence-corrected chi connectivity index (χ2v) is 6.25. The largest absolute Gasteiger partial charge is 0.465 e. The first-order chi connectivity index (χ1) is 12.5. The predicted octanol–water partition coefficient (Wildman–Crippen LogP) is 1.17. The van der Waals surface area contributed by atoms with Gasteiger partial charge in [0.05, 0.1) is 31.6 Å². The molecule has 2 aliphatic rings. The molecule has 8 heteroatoms. The number of rotatable bonds is 4. The lowest BCUT2D eigenvalue weighted by Gasteiger charge is -2.37. The summed E-state index contributed by atoms with van der Waals surface area (Å²) in [6.07, 6.45) is 0.918. The third-order valence-corrected chi connectivity index (χ3v) is 4.61. The summed E-state index contributed by atoms with van der Waals surface area (Å²) in [5.74, 6) is -1.84. The van der Waals surface area contributed by atoms with Crippen LogP contribution in [0.1, 0.15) is 29.6 Å². The van der Waals surface area contributed by atoms with Crippen molar-refractivity contribution < 1.29 is 28.6 Å². The van der Waals surface area contributed by atoms with Crippen molar-refractivity contribution in [2.75, 3.05) is 38.7 Å². The fraction of sp³-hybridized carbons (Fsp3) is 0.500. The van der Waals surface area contributed by atoms with Crippen molar-refractivity contribution in [1.29, 1.82) is 0 Å². The lowest BCUT2D eigenvalue weighted by Crippen LogP contribution is -2.47. The van der Waals surface area contributed by atoms with Crippen LogP contribution in [0.25, 0.3) is 0 Å². The van der Waals surface area contributed by atoms with E-state index < -0.39 is 17.7 Å². The minimum atomic E-state index is -0.557. The number of nitrogens with zero attached hydrogens (tertiary/aromatic N) is 1. The molecule has 26 heavy (non-hydrogen) atoms. The van der Waals surface area contributed by atoms with E-state index in [-0.39, 0.29) is 17.9 Å².